The average molecular weight is 461 g/mol. The second-order valence-corrected chi connectivity index (χ2v) is 9.15. The molecule has 0 aliphatic carbocycles. The van der Waals surface area contributed by atoms with Crippen LogP contribution in [0, 0.1) is 0 Å². The maximum absolute atomic E-state index is 12.4. The van der Waals surface area contributed by atoms with Gasteiger partial charge in [0, 0.05) is 45.3 Å². The summed E-state index contributed by atoms with van der Waals surface area (Å²) in [6, 6.07) is 15.7. The average Bonchev–Trinajstić information content (AvgIpc) is 3.43. The minimum atomic E-state index is -0.469. The maximum atomic E-state index is 12.4. The van der Waals surface area contributed by atoms with Crippen molar-refractivity contribution < 1.29 is 9.59 Å². The van der Waals surface area contributed by atoms with Crippen LogP contribution in [0.3, 0.4) is 0 Å². The van der Waals surface area contributed by atoms with Crippen molar-refractivity contribution in [2.75, 3.05) is 0 Å². The summed E-state index contributed by atoms with van der Waals surface area (Å²) >= 11 is 1.23. The van der Waals surface area contributed by atoms with E-state index in [-0.39, 0.29) is 11.8 Å². The molecule has 0 saturated heterocycles. The molecule has 2 unspecified atom stereocenters. The number of carbonyl (C=O) groups excluding carboxylic acids is 2. The Balaban J connectivity index is 1.26. The second kappa shape index (κ2) is 10.2. The Morgan fingerprint density at radius 1 is 0.788 bits per heavy atom. The van der Waals surface area contributed by atoms with E-state index < -0.39 is 10.5 Å². The number of amides is 2. The number of fused-ring (bicyclic) bond motifs is 2. The van der Waals surface area contributed by atoms with Gasteiger partial charge in [-0.1, -0.05) is 36.4 Å². The summed E-state index contributed by atoms with van der Waals surface area (Å²) in [5, 5.41) is 9.22. The van der Waals surface area contributed by atoms with Gasteiger partial charge < -0.3 is 9.97 Å². The number of aromatic amines is 2. The Labute approximate surface area is 194 Å². The first kappa shape index (κ1) is 22.3. The number of para-hydroxylation sites is 2. The number of nitrogens with zero attached hydrogens (tertiary/aromatic N) is 2. The van der Waals surface area contributed by atoms with Crippen molar-refractivity contribution >= 4 is 57.8 Å². The highest BCUT2D eigenvalue weighted by atomic mass is 32.2. The van der Waals surface area contributed by atoms with Crippen LogP contribution in [-0.4, -0.2) is 44.7 Å². The SMILES string of the molecule is CC(SC(C)C(=O)N/N=C/c1c[nH]c2ccccc12)C(=O)N/N=C/c1c[nH]c2ccccc12. The standard InChI is InChI=1S/C24H24N6O2S/c1-15(23(31)29-27-13-17-11-25-21-9-5-3-7-19(17)21)33-16(2)24(32)30-28-14-18-12-26-22-10-6-4-8-20(18)22/h3-16,25-26H,1-2H3,(H,29,31)(H,30,32)/b27-13+,28-14+. The van der Waals surface area contributed by atoms with Crippen molar-refractivity contribution in [3.8, 4) is 0 Å². The molecule has 168 valence electrons. The molecule has 4 rings (SSSR count). The second-order valence-electron chi connectivity index (χ2n) is 7.47. The Kier molecular flexibility index (Phi) is 6.89. The molecule has 0 saturated carbocycles. The third-order valence-corrected chi connectivity index (χ3v) is 6.39. The van der Waals surface area contributed by atoms with Gasteiger partial charge in [-0.15, -0.1) is 11.8 Å². The van der Waals surface area contributed by atoms with Gasteiger partial charge >= 0.3 is 0 Å². The fourth-order valence-electron chi connectivity index (χ4n) is 3.34. The van der Waals surface area contributed by atoms with E-state index in [4.69, 9.17) is 0 Å². The van der Waals surface area contributed by atoms with Crippen molar-refractivity contribution in [3.05, 3.63) is 72.1 Å². The van der Waals surface area contributed by atoms with Gasteiger partial charge in [0.1, 0.15) is 0 Å². The van der Waals surface area contributed by atoms with Gasteiger partial charge in [-0.05, 0) is 26.0 Å². The number of benzene rings is 2. The fraction of sp³-hybridized carbons (Fsp3) is 0.167. The molecule has 0 bridgehead atoms. The Morgan fingerprint density at radius 3 is 1.67 bits per heavy atom. The molecule has 0 spiro atoms. The zero-order valence-electron chi connectivity index (χ0n) is 18.2. The summed E-state index contributed by atoms with van der Waals surface area (Å²) in [7, 11) is 0. The summed E-state index contributed by atoms with van der Waals surface area (Å²) in [6.45, 7) is 3.47. The normalized spacial score (nSPS) is 13.6. The number of nitrogens with one attached hydrogen (secondary N) is 4. The number of H-pyrrole nitrogens is 2. The molecule has 2 amide bonds. The fourth-order valence-corrected chi connectivity index (χ4v) is 4.31. The minimum absolute atomic E-state index is 0.280. The molecule has 0 fully saturated rings. The van der Waals surface area contributed by atoms with E-state index in [0.717, 1.165) is 32.9 Å². The summed E-state index contributed by atoms with van der Waals surface area (Å²) < 4.78 is 0. The number of aromatic nitrogens is 2. The summed E-state index contributed by atoms with van der Waals surface area (Å²) in [5.41, 5.74) is 8.84. The van der Waals surface area contributed by atoms with Gasteiger partial charge in [-0.3, -0.25) is 9.59 Å². The van der Waals surface area contributed by atoms with Gasteiger partial charge in [-0.25, -0.2) is 10.9 Å². The van der Waals surface area contributed by atoms with Gasteiger partial charge in [0.2, 0.25) is 0 Å². The smallest absolute Gasteiger partial charge is 0.252 e. The molecule has 0 aliphatic rings. The first-order chi connectivity index (χ1) is 16.0. The molecular formula is C24H24N6O2S. The molecule has 8 nitrogen and oxygen atoms in total. The molecule has 9 heteroatoms. The number of carbonyl (C=O) groups is 2. The lowest BCUT2D eigenvalue weighted by molar-refractivity contribution is -0.120. The lowest BCUT2D eigenvalue weighted by Crippen LogP contribution is -2.33. The largest absolute Gasteiger partial charge is 0.361 e. The van der Waals surface area contributed by atoms with Gasteiger partial charge in [0.25, 0.3) is 11.8 Å². The lowest BCUT2D eigenvalue weighted by atomic mass is 10.2. The lowest BCUT2D eigenvalue weighted by Gasteiger charge is -2.14. The predicted molar refractivity (Wildman–Crippen MR) is 135 cm³/mol. The van der Waals surface area contributed by atoms with Crippen LogP contribution in [0.2, 0.25) is 0 Å². The van der Waals surface area contributed by atoms with E-state index in [1.165, 1.54) is 11.8 Å². The highest BCUT2D eigenvalue weighted by Crippen LogP contribution is 2.19. The first-order valence-corrected chi connectivity index (χ1v) is 11.4. The monoisotopic (exact) mass is 460 g/mol. The number of hydrogen-bond acceptors (Lipinski definition) is 5. The van der Waals surface area contributed by atoms with Crippen molar-refractivity contribution in [1.82, 2.24) is 20.8 Å². The third-order valence-electron chi connectivity index (χ3n) is 5.15. The van der Waals surface area contributed by atoms with Crippen molar-refractivity contribution in [3.63, 3.8) is 0 Å². The number of hydrazone groups is 2. The van der Waals surface area contributed by atoms with Gasteiger partial charge in [0.05, 0.1) is 22.9 Å². The van der Waals surface area contributed by atoms with E-state index in [2.05, 4.69) is 31.0 Å². The van der Waals surface area contributed by atoms with Crippen LogP contribution in [0.25, 0.3) is 21.8 Å². The molecule has 2 heterocycles. The van der Waals surface area contributed by atoms with Crippen LogP contribution in [0.4, 0.5) is 0 Å². The van der Waals surface area contributed by atoms with Gasteiger partial charge in [0.15, 0.2) is 0 Å². The highest BCUT2D eigenvalue weighted by molar-refractivity contribution is 8.01. The number of thioether (sulfide) groups is 1. The first-order valence-electron chi connectivity index (χ1n) is 10.5. The molecular weight excluding hydrogens is 436 g/mol. The molecule has 2 atom stereocenters. The number of rotatable bonds is 8. The summed E-state index contributed by atoms with van der Waals surface area (Å²) in [5.74, 6) is -0.559. The molecule has 33 heavy (non-hydrogen) atoms. The van der Waals surface area contributed by atoms with E-state index in [9.17, 15) is 9.59 Å². The summed E-state index contributed by atoms with van der Waals surface area (Å²) in [4.78, 5) is 31.1. The molecule has 4 aromatic rings. The molecule has 4 N–H and O–H groups in total. The Bertz CT molecular complexity index is 1240. The van der Waals surface area contributed by atoms with Crippen molar-refractivity contribution in [2.24, 2.45) is 10.2 Å². The van der Waals surface area contributed by atoms with Crippen molar-refractivity contribution in [2.45, 2.75) is 24.3 Å². The Hall–Kier alpha value is -3.85. The Morgan fingerprint density at radius 2 is 1.21 bits per heavy atom. The maximum Gasteiger partial charge on any atom is 0.252 e. The molecule has 0 aliphatic heterocycles. The zero-order chi connectivity index (χ0) is 23.2. The van der Waals surface area contributed by atoms with Crippen LogP contribution in [0.1, 0.15) is 25.0 Å². The van der Waals surface area contributed by atoms with Crippen LogP contribution < -0.4 is 10.9 Å². The quantitative estimate of drug-likeness (QED) is 0.237. The topological polar surface area (TPSA) is 114 Å². The predicted octanol–water partition coefficient (Wildman–Crippen LogP) is 3.76. The van der Waals surface area contributed by atoms with Crippen LogP contribution in [-0.2, 0) is 9.59 Å². The third kappa shape index (κ3) is 5.32. The minimum Gasteiger partial charge on any atom is -0.361 e. The van der Waals surface area contributed by atoms with E-state index >= 15 is 0 Å². The van der Waals surface area contributed by atoms with E-state index in [1.54, 1.807) is 26.3 Å². The van der Waals surface area contributed by atoms with E-state index in [0.29, 0.717) is 0 Å². The molecule has 2 aromatic heterocycles. The molecule has 2 aromatic carbocycles. The van der Waals surface area contributed by atoms with Crippen LogP contribution >= 0.6 is 11.8 Å². The summed E-state index contributed by atoms with van der Waals surface area (Å²) in [6.07, 6.45) is 6.87. The number of hydrogen-bond donors (Lipinski definition) is 4. The van der Waals surface area contributed by atoms with Crippen molar-refractivity contribution in [1.29, 1.82) is 0 Å². The highest BCUT2D eigenvalue weighted by Gasteiger charge is 2.21. The molecule has 0 radical (unpaired) electrons. The van der Waals surface area contributed by atoms with E-state index in [1.807, 2.05) is 60.9 Å². The van der Waals surface area contributed by atoms with Gasteiger partial charge in [-0.2, -0.15) is 10.2 Å². The van der Waals surface area contributed by atoms with Crippen LogP contribution in [0.5, 0.6) is 0 Å². The van der Waals surface area contributed by atoms with Crippen LogP contribution in [0.15, 0.2) is 71.1 Å². The zero-order valence-corrected chi connectivity index (χ0v) is 19.0.